The predicted octanol–water partition coefficient (Wildman–Crippen LogP) is 4.53. The molecule has 0 aliphatic carbocycles. The first kappa shape index (κ1) is 34.1. The molecule has 0 aromatic heterocycles. The molecule has 0 spiro atoms. The van der Waals surface area contributed by atoms with Gasteiger partial charge in [0.1, 0.15) is 0 Å². The molecule has 0 radical (unpaired) electrons. The summed E-state index contributed by atoms with van der Waals surface area (Å²) in [5.41, 5.74) is 4.17. The summed E-state index contributed by atoms with van der Waals surface area (Å²) in [5, 5.41) is 10.4. The van der Waals surface area contributed by atoms with E-state index in [0.717, 1.165) is 68.8 Å². The largest absolute Gasteiger partial charge is 0.490 e. The number of carboxylic acids is 1. The number of halogens is 3. The van der Waals surface area contributed by atoms with Crippen LogP contribution in [0.1, 0.15) is 52.4 Å². The lowest BCUT2D eigenvalue weighted by Crippen LogP contribution is -2.35. The number of amides is 2. The van der Waals surface area contributed by atoms with Crippen LogP contribution in [-0.2, 0) is 9.59 Å². The molecular weight excluding hydrogens is 561 g/mol. The summed E-state index contributed by atoms with van der Waals surface area (Å²) in [7, 11) is 4.07. The Bertz CT molecular complexity index is 1200. The lowest BCUT2D eigenvalue weighted by molar-refractivity contribution is -0.192. The van der Waals surface area contributed by atoms with Crippen LogP contribution >= 0.6 is 0 Å². The molecule has 2 aromatic rings. The van der Waals surface area contributed by atoms with Gasteiger partial charge < -0.3 is 25.1 Å². The number of hydrogen-bond donors (Lipinski definition) is 2. The van der Waals surface area contributed by atoms with Crippen LogP contribution in [0.2, 0.25) is 0 Å². The normalized spacial score (nSPS) is 19.0. The molecule has 2 amide bonds. The average molecular weight is 605 g/mol. The third kappa shape index (κ3) is 10.1. The standard InChI is InChI=1S/C30H42N4O2.C2HF3O2/c1-22-10-8-11-23(2)29(22)30(36)34-20-25-18-33(19-26(25)21-34)17-15-27(24-12-6-5-7-13-24)31-28(35)14-9-16-32(3)4;3-2(4,5)1(6)7/h5-8,10-13,25-27H,9,14-21H2,1-4H3,(H,31,35);(H,6,7)/t25-,26?,27?;/m0./s1. The van der Waals surface area contributed by atoms with Crippen LogP contribution in [0.3, 0.4) is 0 Å². The number of alkyl halides is 3. The maximum atomic E-state index is 13.3. The van der Waals surface area contributed by atoms with Gasteiger partial charge in [-0.2, -0.15) is 13.2 Å². The molecule has 236 valence electrons. The zero-order valence-electron chi connectivity index (χ0n) is 25.4. The van der Waals surface area contributed by atoms with Gasteiger partial charge in [0, 0.05) is 44.7 Å². The molecule has 3 atom stereocenters. The third-order valence-corrected chi connectivity index (χ3v) is 8.07. The van der Waals surface area contributed by atoms with Gasteiger partial charge in [0.25, 0.3) is 5.91 Å². The van der Waals surface area contributed by atoms with E-state index in [1.807, 2.05) is 64.3 Å². The minimum Gasteiger partial charge on any atom is -0.475 e. The van der Waals surface area contributed by atoms with Gasteiger partial charge in [0.05, 0.1) is 6.04 Å². The summed E-state index contributed by atoms with van der Waals surface area (Å²) in [6.07, 6.45) is -2.76. The van der Waals surface area contributed by atoms with E-state index in [4.69, 9.17) is 9.90 Å². The van der Waals surface area contributed by atoms with E-state index >= 15 is 0 Å². The molecule has 2 fully saturated rings. The Kier molecular flexibility index (Phi) is 12.1. The summed E-state index contributed by atoms with van der Waals surface area (Å²) in [5.74, 6) is -1.37. The Morgan fingerprint density at radius 2 is 1.51 bits per heavy atom. The molecular formula is C32H43F3N4O4. The number of benzene rings is 2. The summed E-state index contributed by atoms with van der Waals surface area (Å²) in [4.78, 5) is 41.5. The Morgan fingerprint density at radius 3 is 2.02 bits per heavy atom. The number of aryl methyl sites for hydroxylation is 2. The maximum absolute atomic E-state index is 13.3. The highest BCUT2D eigenvalue weighted by Crippen LogP contribution is 2.33. The molecule has 2 unspecified atom stereocenters. The fraction of sp³-hybridized carbons (Fsp3) is 0.531. The lowest BCUT2D eigenvalue weighted by Gasteiger charge is -2.25. The van der Waals surface area contributed by atoms with Crippen molar-refractivity contribution in [2.75, 3.05) is 53.4 Å². The van der Waals surface area contributed by atoms with Gasteiger partial charge in [0.2, 0.25) is 5.91 Å². The van der Waals surface area contributed by atoms with Gasteiger partial charge in [-0.15, -0.1) is 0 Å². The van der Waals surface area contributed by atoms with Crippen LogP contribution in [0, 0.1) is 25.7 Å². The van der Waals surface area contributed by atoms with Crippen molar-refractivity contribution in [2.45, 2.75) is 45.3 Å². The SMILES string of the molecule is Cc1cccc(C)c1C(=O)N1CC2CN(CCC(NC(=O)CCCN(C)C)c3ccccc3)C[C@H]2C1.O=C(O)C(F)(F)F. The molecule has 2 aliphatic heterocycles. The van der Waals surface area contributed by atoms with Gasteiger partial charge in [0.15, 0.2) is 0 Å². The first-order chi connectivity index (χ1) is 20.3. The Morgan fingerprint density at radius 1 is 0.953 bits per heavy atom. The van der Waals surface area contributed by atoms with Crippen LogP contribution in [0.15, 0.2) is 48.5 Å². The zero-order valence-corrected chi connectivity index (χ0v) is 25.4. The molecule has 0 saturated carbocycles. The van der Waals surface area contributed by atoms with Crippen molar-refractivity contribution in [1.82, 2.24) is 20.0 Å². The minimum atomic E-state index is -5.08. The van der Waals surface area contributed by atoms with Crippen molar-refractivity contribution >= 4 is 17.8 Å². The lowest BCUT2D eigenvalue weighted by atomic mass is 10.0. The molecule has 2 aliphatic rings. The van der Waals surface area contributed by atoms with Crippen molar-refractivity contribution in [3.05, 3.63) is 70.8 Å². The van der Waals surface area contributed by atoms with Crippen LogP contribution in [-0.4, -0.2) is 97.1 Å². The average Bonchev–Trinajstić information content (AvgIpc) is 3.50. The van der Waals surface area contributed by atoms with E-state index in [1.54, 1.807) is 0 Å². The zero-order chi connectivity index (χ0) is 31.7. The summed E-state index contributed by atoms with van der Waals surface area (Å²) in [6.45, 7) is 9.68. The van der Waals surface area contributed by atoms with E-state index in [2.05, 4.69) is 32.1 Å². The number of nitrogens with zero attached hydrogens (tertiary/aromatic N) is 3. The quantitative estimate of drug-likeness (QED) is 0.414. The molecule has 2 N–H and O–H groups in total. The molecule has 2 heterocycles. The second kappa shape index (κ2) is 15.3. The van der Waals surface area contributed by atoms with Crippen molar-refractivity contribution in [2.24, 2.45) is 11.8 Å². The molecule has 8 nitrogen and oxygen atoms in total. The van der Waals surface area contributed by atoms with E-state index in [0.29, 0.717) is 18.3 Å². The second-order valence-electron chi connectivity index (χ2n) is 11.8. The minimum absolute atomic E-state index is 0.0283. The maximum Gasteiger partial charge on any atom is 0.490 e. The number of rotatable bonds is 10. The Balaban J connectivity index is 0.000000646. The molecule has 0 bridgehead atoms. The van der Waals surface area contributed by atoms with Gasteiger partial charge in [-0.1, -0.05) is 48.5 Å². The number of fused-ring (bicyclic) bond motifs is 1. The van der Waals surface area contributed by atoms with Crippen LogP contribution in [0.25, 0.3) is 0 Å². The highest BCUT2D eigenvalue weighted by Gasteiger charge is 2.42. The second-order valence-corrected chi connectivity index (χ2v) is 11.8. The molecule has 4 rings (SSSR count). The van der Waals surface area contributed by atoms with Crippen LogP contribution in [0.5, 0.6) is 0 Å². The monoisotopic (exact) mass is 604 g/mol. The number of nitrogens with one attached hydrogen (secondary N) is 1. The topological polar surface area (TPSA) is 93.2 Å². The number of carbonyl (C=O) groups is 3. The number of hydrogen-bond acceptors (Lipinski definition) is 5. The smallest absolute Gasteiger partial charge is 0.475 e. The first-order valence-electron chi connectivity index (χ1n) is 14.6. The number of carbonyl (C=O) groups excluding carboxylic acids is 2. The van der Waals surface area contributed by atoms with Crippen molar-refractivity contribution in [1.29, 1.82) is 0 Å². The van der Waals surface area contributed by atoms with E-state index in [-0.39, 0.29) is 17.9 Å². The summed E-state index contributed by atoms with van der Waals surface area (Å²) in [6, 6.07) is 16.4. The molecule has 43 heavy (non-hydrogen) atoms. The molecule has 2 saturated heterocycles. The fourth-order valence-corrected chi connectivity index (χ4v) is 5.89. The van der Waals surface area contributed by atoms with Crippen molar-refractivity contribution in [3.63, 3.8) is 0 Å². The van der Waals surface area contributed by atoms with Crippen LogP contribution in [0.4, 0.5) is 13.2 Å². The first-order valence-corrected chi connectivity index (χ1v) is 14.6. The van der Waals surface area contributed by atoms with Gasteiger partial charge >= 0.3 is 12.1 Å². The van der Waals surface area contributed by atoms with Gasteiger partial charge in [-0.05, 0) is 75.9 Å². The summed E-state index contributed by atoms with van der Waals surface area (Å²) >= 11 is 0. The number of carboxylic acid groups (broad SMARTS) is 1. The predicted molar refractivity (Wildman–Crippen MR) is 159 cm³/mol. The van der Waals surface area contributed by atoms with E-state index in [9.17, 15) is 22.8 Å². The van der Waals surface area contributed by atoms with Gasteiger partial charge in [-0.25, -0.2) is 4.79 Å². The van der Waals surface area contributed by atoms with E-state index < -0.39 is 12.1 Å². The van der Waals surface area contributed by atoms with Crippen molar-refractivity contribution < 1.29 is 32.7 Å². The van der Waals surface area contributed by atoms with Crippen molar-refractivity contribution in [3.8, 4) is 0 Å². The molecule has 11 heteroatoms. The summed E-state index contributed by atoms with van der Waals surface area (Å²) < 4.78 is 31.7. The highest BCUT2D eigenvalue weighted by molar-refractivity contribution is 5.97. The molecule has 2 aromatic carbocycles. The number of aliphatic carboxylic acids is 1. The number of likely N-dealkylation sites (tertiary alicyclic amines) is 2. The Labute approximate surface area is 251 Å². The Hall–Kier alpha value is -3.44. The van der Waals surface area contributed by atoms with Crippen LogP contribution < -0.4 is 5.32 Å². The third-order valence-electron chi connectivity index (χ3n) is 8.07. The van der Waals surface area contributed by atoms with Gasteiger partial charge in [-0.3, -0.25) is 9.59 Å². The van der Waals surface area contributed by atoms with E-state index in [1.165, 1.54) is 5.56 Å². The fourth-order valence-electron chi connectivity index (χ4n) is 5.89. The highest BCUT2D eigenvalue weighted by atomic mass is 19.4.